The minimum atomic E-state index is -3.71. The summed E-state index contributed by atoms with van der Waals surface area (Å²) in [6, 6.07) is 13.1. The molecule has 3 rings (SSSR count). The summed E-state index contributed by atoms with van der Waals surface area (Å²) >= 11 is 0. The van der Waals surface area contributed by atoms with Gasteiger partial charge in [0.25, 0.3) is 10.0 Å². The summed E-state index contributed by atoms with van der Waals surface area (Å²) in [6.45, 7) is 3.61. The Bertz CT molecular complexity index is 975. The van der Waals surface area contributed by atoms with Crippen LogP contribution < -0.4 is 5.46 Å². The highest BCUT2D eigenvalue weighted by molar-refractivity contribution is 7.90. The third-order valence-electron chi connectivity index (χ3n) is 3.81. The van der Waals surface area contributed by atoms with Crippen molar-refractivity contribution in [3.05, 3.63) is 59.8 Å². The van der Waals surface area contributed by atoms with Gasteiger partial charge in [0.1, 0.15) is 0 Å². The van der Waals surface area contributed by atoms with Gasteiger partial charge < -0.3 is 10.0 Å². The average Bonchev–Trinajstić information content (AvgIpc) is 2.83. The summed E-state index contributed by atoms with van der Waals surface area (Å²) in [6.07, 6.45) is 0. The second kappa shape index (κ2) is 5.52. The van der Waals surface area contributed by atoms with E-state index in [-0.39, 0.29) is 4.90 Å². The standard InChI is InChI=1S/C16H16BNO4S/c1-11-3-6-15(7-4-11)23(21,22)18-12(2)9-13-10-14(17(19)20)5-8-16(13)18/h3-10,19-20H,1-2H3. The fourth-order valence-electron chi connectivity index (χ4n) is 2.64. The van der Waals surface area contributed by atoms with E-state index in [0.29, 0.717) is 22.1 Å². The van der Waals surface area contributed by atoms with Crippen LogP contribution >= 0.6 is 0 Å². The number of hydrogen-bond acceptors (Lipinski definition) is 4. The summed E-state index contributed by atoms with van der Waals surface area (Å²) in [5, 5.41) is 19.1. The van der Waals surface area contributed by atoms with Crippen molar-refractivity contribution in [2.75, 3.05) is 0 Å². The molecule has 3 aromatic rings. The lowest BCUT2D eigenvalue weighted by Gasteiger charge is -2.10. The van der Waals surface area contributed by atoms with Gasteiger partial charge in [-0.1, -0.05) is 29.8 Å². The lowest BCUT2D eigenvalue weighted by Crippen LogP contribution is -2.29. The van der Waals surface area contributed by atoms with Gasteiger partial charge in [0, 0.05) is 11.1 Å². The van der Waals surface area contributed by atoms with Gasteiger partial charge in [-0.3, -0.25) is 0 Å². The molecule has 5 nitrogen and oxygen atoms in total. The van der Waals surface area contributed by atoms with E-state index in [2.05, 4.69) is 0 Å². The molecule has 0 bridgehead atoms. The predicted molar refractivity (Wildman–Crippen MR) is 90.3 cm³/mol. The quantitative estimate of drug-likeness (QED) is 0.707. The minimum Gasteiger partial charge on any atom is -0.423 e. The zero-order valence-corrected chi connectivity index (χ0v) is 13.6. The molecule has 0 amide bonds. The minimum absolute atomic E-state index is 0.218. The molecule has 7 heteroatoms. The average molecular weight is 329 g/mol. The van der Waals surface area contributed by atoms with Crippen molar-refractivity contribution in [3.63, 3.8) is 0 Å². The van der Waals surface area contributed by atoms with Crippen LogP contribution in [0.1, 0.15) is 11.3 Å². The summed E-state index contributed by atoms with van der Waals surface area (Å²) in [7, 11) is -5.30. The normalized spacial score (nSPS) is 11.8. The Balaban J connectivity index is 2.23. The Morgan fingerprint density at radius 1 is 0.957 bits per heavy atom. The maximum atomic E-state index is 12.9. The molecule has 0 spiro atoms. The van der Waals surface area contributed by atoms with Crippen LogP contribution in [0.25, 0.3) is 10.9 Å². The molecule has 0 fully saturated rings. The summed E-state index contributed by atoms with van der Waals surface area (Å²) in [5.41, 5.74) is 2.37. The molecule has 0 aliphatic carbocycles. The SMILES string of the molecule is Cc1ccc(S(=O)(=O)n2c(C)cc3cc(B(O)O)ccc32)cc1. The van der Waals surface area contributed by atoms with Crippen molar-refractivity contribution >= 4 is 33.5 Å². The van der Waals surface area contributed by atoms with Crippen LogP contribution in [0.3, 0.4) is 0 Å². The molecule has 118 valence electrons. The van der Waals surface area contributed by atoms with Crippen molar-refractivity contribution < 1.29 is 18.5 Å². The first kappa shape index (κ1) is 15.8. The predicted octanol–water partition coefficient (Wildman–Crippen LogP) is 1.17. The maximum absolute atomic E-state index is 12.9. The first-order chi connectivity index (χ1) is 10.8. The first-order valence-corrected chi connectivity index (χ1v) is 8.55. The second-order valence-electron chi connectivity index (χ2n) is 5.56. The fraction of sp³-hybridized carbons (Fsp3) is 0.125. The van der Waals surface area contributed by atoms with E-state index in [1.165, 1.54) is 10.0 Å². The molecule has 2 aromatic carbocycles. The van der Waals surface area contributed by atoms with Gasteiger partial charge >= 0.3 is 7.12 Å². The van der Waals surface area contributed by atoms with E-state index in [0.717, 1.165) is 5.56 Å². The van der Waals surface area contributed by atoms with E-state index in [1.54, 1.807) is 49.4 Å². The topological polar surface area (TPSA) is 79.5 Å². The van der Waals surface area contributed by atoms with Crippen LogP contribution in [-0.2, 0) is 10.0 Å². The van der Waals surface area contributed by atoms with Gasteiger partial charge in [0.15, 0.2) is 0 Å². The highest BCUT2D eigenvalue weighted by Gasteiger charge is 2.22. The molecular formula is C16H16BNO4S. The van der Waals surface area contributed by atoms with Crippen molar-refractivity contribution in [2.45, 2.75) is 18.7 Å². The molecule has 1 aromatic heterocycles. The lowest BCUT2D eigenvalue weighted by molar-refractivity contribution is 0.426. The molecule has 0 aliphatic heterocycles. The summed E-state index contributed by atoms with van der Waals surface area (Å²) in [4.78, 5) is 0.218. The van der Waals surface area contributed by atoms with Crippen LogP contribution in [0.5, 0.6) is 0 Å². The Labute approximate surface area is 135 Å². The third kappa shape index (κ3) is 2.67. The van der Waals surface area contributed by atoms with Crippen LogP contribution in [0, 0.1) is 13.8 Å². The molecule has 0 saturated heterocycles. The number of nitrogens with zero attached hydrogens (tertiary/aromatic N) is 1. The van der Waals surface area contributed by atoms with Gasteiger partial charge in [0.2, 0.25) is 0 Å². The zero-order chi connectivity index (χ0) is 16.8. The highest BCUT2D eigenvalue weighted by atomic mass is 32.2. The van der Waals surface area contributed by atoms with Crippen LogP contribution in [0.2, 0.25) is 0 Å². The molecule has 23 heavy (non-hydrogen) atoms. The van der Waals surface area contributed by atoms with E-state index in [1.807, 2.05) is 6.92 Å². The maximum Gasteiger partial charge on any atom is 0.488 e. The van der Waals surface area contributed by atoms with Crippen molar-refractivity contribution in [1.82, 2.24) is 3.97 Å². The van der Waals surface area contributed by atoms with E-state index >= 15 is 0 Å². The van der Waals surface area contributed by atoms with Gasteiger partial charge in [-0.15, -0.1) is 0 Å². The van der Waals surface area contributed by atoms with Gasteiger partial charge in [-0.05, 0) is 43.6 Å². The molecular weight excluding hydrogens is 313 g/mol. The van der Waals surface area contributed by atoms with Crippen LogP contribution in [0.15, 0.2) is 53.4 Å². The van der Waals surface area contributed by atoms with Gasteiger partial charge in [-0.25, -0.2) is 12.4 Å². The van der Waals surface area contributed by atoms with E-state index in [4.69, 9.17) is 0 Å². The van der Waals surface area contributed by atoms with Gasteiger partial charge in [0.05, 0.1) is 10.4 Å². The Morgan fingerprint density at radius 2 is 1.61 bits per heavy atom. The largest absolute Gasteiger partial charge is 0.488 e. The molecule has 0 atom stereocenters. The molecule has 1 heterocycles. The summed E-state index contributed by atoms with van der Waals surface area (Å²) < 4.78 is 27.1. The zero-order valence-electron chi connectivity index (χ0n) is 12.8. The molecule has 0 radical (unpaired) electrons. The van der Waals surface area contributed by atoms with Crippen LogP contribution in [0.4, 0.5) is 0 Å². The second-order valence-corrected chi connectivity index (χ2v) is 7.35. The highest BCUT2D eigenvalue weighted by Crippen LogP contribution is 2.25. The Kier molecular flexibility index (Phi) is 3.79. The van der Waals surface area contributed by atoms with Crippen molar-refractivity contribution in [1.29, 1.82) is 0 Å². The van der Waals surface area contributed by atoms with Gasteiger partial charge in [-0.2, -0.15) is 0 Å². The van der Waals surface area contributed by atoms with Crippen molar-refractivity contribution in [3.8, 4) is 0 Å². The lowest BCUT2D eigenvalue weighted by atomic mass is 9.80. The van der Waals surface area contributed by atoms with E-state index in [9.17, 15) is 18.5 Å². The molecule has 2 N–H and O–H groups in total. The smallest absolute Gasteiger partial charge is 0.423 e. The molecule has 0 unspecified atom stereocenters. The Hall–Kier alpha value is -2.09. The summed E-state index contributed by atoms with van der Waals surface area (Å²) in [5.74, 6) is 0. The number of benzene rings is 2. The van der Waals surface area contributed by atoms with Crippen molar-refractivity contribution in [2.24, 2.45) is 0 Å². The number of aryl methyl sites for hydroxylation is 2. The third-order valence-corrected chi connectivity index (χ3v) is 5.65. The number of fused-ring (bicyclic) bond motifs is 1. The molecule has 0 aliphatic rings. The Morgan fingerprint density at radius 3 is 2.22 bits per heavy atom. The fourth-order valence-corrected chi connectivity index (χ4v) is 4.19. The monoisotopic (exact) mass is 329 g/mol. The number of aromatic nitrogens is 1. The number of hydrogen-bond donors (Lipinski definition) is 2. The van der Waals surface area contributed by atoms with E-state index < -0.39 is 17.1 Å². The molecule has 0 saturated carbocycles. The van der Waals surface area contributed by atoms with Crippen LogP contribution in [-0.4, -0.2) is 29.6 Å². The number of rotatable bonds is 3. The first-order valence-electron chi connectivity index (χ1n) is 7.11.